The Labute approximate surface area is 97.9 Å². The number of oxazole rings is 1. The second-order valence-electron chi connectivity index (χ2n) is 3.83. The Morgan fingerprint density at radius 1 is 1.35 bits per heavy atom. The van der Waals surface area contributed by atoms with Gasteiger partial charge >= 0.3 is 0 Å². The fraction of sp³-hybridized carbons (Fsp3) is 0.167. The summed E-state index contributed by atoms with van der Waals surface area (Å²) in [6.45, 7) is 1.99. The summed E-state index contributed by atoms with van der Waals surface area (Å²) in [6.07, 6.45) is 3.51. The van der Waals surface area contributed by atoms with E-state index in [2.05, 4.69) is 20.3 Å². The number of imidazole rings is 1. The van der Waals surface area contributed by atoms with Crippen molar-refractivity contribution < 1.29 is 4.42 Å². The van der Waals surface area contributed by atoms with Crippen LogP contribution in [0.3, 0.4) is 0 Å². The molecule has 3 aromatic rings. The van der Waals surface area contributed by atoms with Gasteiger partial charge in [-0.3, -0.25) is 0 Å². The quantitative estimate of drug-likeness (QED) is 0.723. The maximum absolute atomic E-state index is 5.57. The number of anilines is 1. The number of aromatic nitrogens is 3. The fourth-order valence-electron chi connectivity index (χ4n) is 1.70. The molecule has 86 valence electrons. The Hall–Kier alpha value is -2.30. The van der Waals surface area contributed by atoms with Gasteiger partial charge in [0.1, 0.15) is 11.3 Å². The third-order valence-electron chi connectivity index (χ3n) is 2.56. The van der Waals surface area contributed by atoms with Gasteiger partial charge in [0.25, 0.3) is 6.01 Å². The Morgan fingerprint density at radius 3 is 3.00 bits per heavy atom. The van der Waals surface area contributed by atoms with Gasteiger partial charge in [0.15, 0.2) is 5.58 Å². The molecule has 1 aromatic carbocycles. The predicted octanol–water partition coefficient (Wildman–Crippen LogP) is 2.72. The van der Waals surface area contributed by atoms with Crippen molar-refractivity contribution in [1.29, 1.82) is 0 Å². The summed E-state index contributed by atoms with van der Waals surface area (Å²) in [5, 5.41) is 3.16. The lowest BCUT2D eigenvalue weighted by Crippen LogP contribution is -2.08. The highest BCUT2D eigenvalue weighted by atomic mass is 16.4. The summed E-state index contributed by atoms with van der Waals surface area (Å²) in [4.78, 5) is 11.6. The number of H-pyrrole nitrogens is 1. The van der Waals surface area contributed by atoms with Crippen molar-refractivity contribution in [2.75, 3.05) is 5.32 Å². The number of rotatable bonds is 3. The molecule has 0 radical (unpaired) electrons. The standard InChI is InChI=1S/C12H12N4O/c1-8(11-13-6-7-14-11)15-12-16-9-4-2-3-5-10(9)17-12/h2-8H,1H3,(H,13,14)(H,15,16). The molecule has 0 aliphatic carbocycles. The van der Waals surface area contributed by atoms with Crippen LogP contribution in [0.25, 0.3) is 11.1 Å². The average molecular weight is 228 g/mol. The number of nitrogens with one attached hydrogen (secondary N) is 2. The van der Waals surface area contributed by atoms with Gasteiger partial charge in [0.05, 0.1) is 6.04 Å². The number of nitrogens with zero attached hydrogens (tertiary/aromatic N) is 2. The van der Waals surface area contributed by atoms with Gasteiger partial charge in [-0.25, -0.2) is 4.98 Å². The average Bonchev–Trinajstić information content (AvgIpc) is 2.97. The number of hydrogen-bond acceptors (Lipinski definition) is 4. The molecular weight excluding hydrogens is 216 g/mol. The maximum Gasteiger partial charge on any atom is 0.296 e. The van der Waals surface area contributed by atoms with E-state index in [9.17, 15) is 0 Å². The van der Waals surface area contributed by atoms with Crippen molar-refractivity contribution in [3.8, 4) is 0 Å². The van der Waals surface area contributed by atoms with E-state index in [0.29, 0.717) is 6.01 Å². The first kappa shape index (κ1) is 9.89. The Bertz CT molecular complexity index is 581. The molecule has 0 saturated carbocycles. The van der Waals surface area contributed by atoms with Crippen molar-refractivity contribution in [3.63, 3.8) is 0 Å². The molecule has 0 aliphatic rings. The molecule has 0 aliphatic heterocycles. The van der Waals surface area contributed by atoms with E-state index in [4.69, 9.17) is 4.42 Å². The summed E-state index contributed by atoms with van der Waals surface area (Å²) in [6, 6.07) is 8.21. The number of hydrogen-bond donors (Lipinski definition) is 2. The van der Waals surface area contributed by atoms with E-state index in [1.54, 1.807) is 12.4 Å². The van der Waals surface area contributed by atoms with E-state index in [0.717, 1.165) is 16.9 Å². The zero-order valence-electron chi connectivity index (χ0n) is 9.34. The first-order valence-corrected chi connectivity index (χ1v) is 5.44. The summed E-state index contributed by atoms with van der Waals surface area (Å²) >= 11 is 0. The number of aromatic amines is 1. The molecule has 0 spiro atoms. The number of para-hydroxylation sites is 2. The van der Waals surface area contributed by atoms with Crippen LogP contribution < -0.4 is 5.32 Å². The van der Waals surface area contributed by atoms with E-state index in [1.165, 1.54) is 0 Å². The van der Waals surface area contributed by atoms with Crippen molar-refractivity contribution in [3.05, 3.63) is 42.5 Å². The van der Waals surface area contributed by atoms with E-state index in [1.807, 2.05) is 31.2 Å². The van der Waals surface area contributed by atoms with Crippen LogP contribution in [0.4, 0.5) is 6.01 Å². The summed E-state index contributed by atoms with van der Waals surface area (Å²) in [5.41, 5.74) is 1.63. The zero-order valence-corrected chi connectivity index (χ0v) is 9.34. The normalized spacial score (nSPS) is 12.8. The van der Waals surface area contributed by atoms with Crippen LogP contribution in [0.5, 0.6) is 0 Å². The van der Waals surface area contributed by atoms with Crippen molar-refractivity contribution in [2.24, 2.45) is 0 Å². The maximum atomic E-state index is 5.57. The highest BCUT2D eigenvalue weighted by Gasteiger charge is 2.11. The lowest BCUT2D eigenvalue weighted by Gasteiger charge is -2.08. The number of fused-ring (bicyclic) bond motifs is 1. The molecule has 0 bridgehead atoms. The van der Waals surface area contributed by atoms with Crippen LogP contribution in [0.15, 0.2) is 41.1 Å². The van der Waals surface area contributed by atoms with Crippen LogP contribution in [-0.4, -0.2) is 15.0 Å². The highest BCUT2D eigenvalue weighted by molar-refractivity contribution is 5.74. The Balaban J connectivity index is 1.85. The van der Waals surface area contributed by atoms with Gasteiger partial charge in [0.2, 0.25) is 0 Å². The van der Waals surface area contributed by atoms with Gasteiger partial charge < -0.3 is 14.7 Å². The molecule has 17 heavy (non-hydrogen) atoms. The lowest BCUT2D eigenvalue weighted by atomic mass is 10.3. The highest BCUT2D eigenvalue weighted by Crippen LogP contribution is 2.21. The summed E-state index contributed by atoms with van der Waals surface area (Å²) in [7, 11) is 0. The lowest BCUT2D eigenvalue weighted by molar-refractivity contribution is 0.600. The first-order valence-electron chi connectivity index (χ1n) is 5.44. The molecule has 2 aromatic heterocycles. The first-order chi connectivity index (χ1) is 8.33. The second-order valence-corrected chi connectivity index (χ2v) is 3.83. The largest absolute Gasteiger partial charge is 0.424 e. The van der Waals surface area contributed by atoms with E-state index in [-0.39, 0.29) is 6.04 Å². The minimum Gasteiger partial charge on any atom is -0.424 e. The van der Waals surface area contributed by atoms with Crippen LogP contribution in [-0.2, 0) is 0 Å². The Morgan fingerprint density at radius 2 is 2.24 bits per heavy atom. The van der Waals surface area contributed by atoms with Crippen molar-refractivity contribution in [2.45, 2.75) is 13.0 Å². The van der Waals surface area contributed by atoms with Crippen molar-refractivity contribution >= 4 is 17.1 Å². The molecule has 2 heterocycles. The number of benzene rings is 1. The molecule has 1 atom stereocenters. The molecule has 5 nitrogen and oxygen atoms in total. The minimum atomic E-state index is 0.0260. The molecule has 1 unspecified atom stereocenters. The SMILES string of the molecule is CC(Nc1nc2ccccc2o1)c1ncc[nH]1. The molecule has 3 rings (SSSR count). The minimum absolute atomic E-state index is 0.0260. The molecule has 2 N–H and O–H groups in total. The Kier molecular flexibility index (Phi) is 2.29. The predicted molar refractivity (Wildman–Crippen MR) is 64.6 cm³/mol. The monoisotopic (exact) mass is 228 g/mol. The van der Waals surface area contributed by atoms with Crippen LogP contribution in [0.2, 0.25) is 0 Å². The van der Waals surface area contributed by atoms with Gasteiger partial charge in [-0.15, -0.1) is 0 Å². The molecular formula is C12H12N4O. The zero-order chi connectivity index (χ0) is 11.7. The topological polar surface area (TPSA) is 66.7 Å². The molecule has 0 saturated heterocycles. The van der Waals surface area contributed by atoms with E-state index < -0.39 is 0 Å². The summed E-state index contributed by atoms with van der Waals surface area (Å²) < 4.78 is 5.57. The van der Waals surface area contributed by atoms with Crippen LogP contribution >= 0.6 is 0 Å². The van der Waals surface area contributed by atoms with Gasteiger partial charge in [0, 0.05) is 12.4 Å². The van der Waals surface area contributed by atoms with Gasteiger partial charge in [-0.1, -0.05) is 12.1 Å². The molecule has 0 fully saturated rings. The fourth-order valence-corrected chi connectivity index (χ4v) is 1.70. The third-order valence-corrected chi connectivity index (χ3v) is 2.56. The van der Waals surface area contributed by atoms with Crippen LogP contribution in [0.1, 0.15) is 18.8 Å². The molecule has 5 heteroatoms. The molecule has 0 amide bonds. The van der Waals surface area contributed by atoms with Crippen molar-refractivity contribution in [1.82, 2.24) is 15.0 Å². The van der Waals surface area contributed by atoms with Crippen LogP contribution in [0, 0.1) is 0 Å². The third kappa shape index (κ3) is 1.87. The van der Waals surface area contributed by atoms with Gasteiger partial charge in [-0.05, 0) is 19.1 Å². The second kappa shape index (κ2) is 3.93. The van der Waals surface area contributed by atoms with E-state index >= 15 is 0 Å². The summed E-state index contributed by atoms with van der Waals surface area (Å²) in [5.74, 6) is 0.854. The smallest absolute Gasteiger partial charge is 0.296 e. The van der Waals surface area contributed by atoms with Gasteiger partial charge in [-0.2, -0.15) is 4.98 Å².